The van der Waals surface area contributed by atoms with Gasteiger partial charge in [-0.15, -0.1) is 0 Å². The third kappa shape index (κ3) is 2.22. The van der Waals surface area contributed by atoms with Gasteiger partial charge in [-0.1, -0.05) is 20.8 Å². The molecule has 0 aliphatic carbocycles. The molecule has 0 bridgehead atoms. The number of aromatic nitrogens is 2. The molecule has 0 spiro atoms. The van der Waals surface area contributed by atoms with E-state index in [1.807, 2.05) is 6.92 Å². The molecule has 1 heterocycles. The summed E-state index contributed by atoms with van der Waals surface area (Å²) < 4.78 is 0. The first-order valence-electron chi connectivity index (χ1n) is 5.19. The van der Waals surface area contributed by atoms with Crippen molar-refractivity contribution >= 4 is 5.82 Å². The van der Waals surface area contributed by atoms with Gasteiger partial charge in [0.25, 0.3) is 0 Å². The van der Waals surface area contributed by atoms with Crippen molar-refractivity contribution < 1.29 is 0 Å². The highest BCUT2D eigenvalue weighted by atomic mass is 15.0. The Labute approximate surface area is 85.8 Å². The van der Waals surface area contributed by atoms with E-state index in [9.17, 15) is 0 Å². The van der Waals surface area contributed by atoms with Crippen molar-refractivity contribution in [2.75, 3.05) is 5.73 Å². The Bertz CT molecular complexity index is 319. The van der Waals surface area contributed by atoms with E-state index in [4.69, 9.17) is 5.73 Å². The molecule has 3 heteroatoms. The molecule has 0 amide bonds. The van der Waals surface area contributed by atoms with Crippen LogP contribution in [0.4, 0.5) is 5.82 Å². The van der Waals surface area contributed by atoms with Gasteiger partial charge in [0.2, 0.25) is 0 Å². The highest BCUT2D eigenvalue weighted by molar-refractivity contribution is 5.42. The second-order valence-electron chi connectivity index (χ2n) is 3.94. The van der Waals surface area contributed by atoms with E-state index in [0.29, 0.717) is 11.7 Å². The zero-order valence-electron chi connectivity index (χ0n) is 9.46. The Kier molecular flexibility index (Phi) is 3.44. The van der Waals surface area contributed by atoms with Crippen LogP contribution in [0.2, 0.25) is 0 Å². The molecule has 1 aromatic rings. The Morgan fingerprint density at radius 2 is 1.93 bits per heavy atom. The predicted molar refractivity (Wildman–Crippen MR) is 59.3 cm³/mol. The average Bonchev–Trinajstić information content (AvgIpc) is 2.11. The van der Waals surface area contributed by atoms with Crippen LogP contribution in [0.5, 0.6) is 0 Å². The number of nitrogens with two attached hydrogens (primary N) is 1. The van der Waals surface area contributed by atoms with Crippen molar-refractivity contribution in [3.05, 3.63) is 17.1 Å². The first kappa shape index (κ1) is 11.0. The number of anilines is 1. The summed E-state index contributed by atoms with van der Waals surface area (Å²) in [7, 11) is 0. The summed E-state index contributed by atoms with van der Waals surface area (Å²) in [6, 6.07) is 0. The van der Waals surface area contributed by atoms with E-state index in [1.54, 1.807) is 0 Å². The SMILES string of the molecule is CCCc1nc(N)c(C)c(C(C)C)n1. The van der Waals surface area contributed by atoms with Gasteiger partial charge >= 0.3 is 0 Å². The van der Waals surface area contributed by atoms with E-state index in [2.05, 4.69) is 30.7 Å². The number of rotatable bonds is 3. The lowest BCUT2D eigenvalue weighted by Gasteiger charge is -2.11. The van der Waals surface area contributed by atoms with Gasteiger partial charge in [0.15, 0.2) is 0 Å². The first-order chi connectivity index (χ1) is 6.56. The molecule has 0 fully saturated rings. The zero-order chi connectivity index (χ0) is 10.7. The second kappa shape index (κ2) is 4.40. The summed E-state index contributed by atoms with van der Waals surface area (Å²) in [4.78, 5) is 8.80. The molecule has 0 saturated heterocycles. The monoisotopic (exact) mass is 193 g/mol. The molecule has 78 valence electrons. The molecule has 3 nitrogen and oxygen atoms in total. The van der Waals surface area contributed by atoms with Gasteiger partial charge in [-0.05, 0) is 19.3 Å². The van der Waals surface area contributed by atoms with Gasteiger partial charge in [-0.3, -0.25) is 0 Å². The molecule has 0 saturated carbocycles. The van der Waals surface area contributed by atoms with Crippen LogP contribution in [0.3, 0.4) is 0 Å². The van der Waals surface area contributed by atoms with Gasteiger partial charge in [0.05, 0.1) is 5.69 Å². The van der Waals surface area contributed by atoms with Crippen LogP contribution in [0.25, 0.3) is 0 Å². The minimum atomic E-state index is 0.413. The van der Waals surface area contributed by atoms with Crippen molar-refractivity contribution in [2.45, 2.75) is 46.5 Å². The number of nitrogens with zero attached hydrogens (tertiary/aromatic N) is 2. The second-order valence-corrected chi connectivity index (χ2v) is 3.94. The first-order valence-corrected chi connectivity index (χ1v) is 5.19. The number of hydrogen-bond acceptors (Lipinski definition) is 3. The maximum Gasteiger partial charge on any atom is 0.131 e. The fourth-order valence-electron chi connectivity index (χ4n) is 1.50. The average molecular weight is 193 g/mol. The van der Waals surface area contributed by atoms with E-state index in [-0.39, 0.29) is 0 Å². The zero-order valence-corrected chi connectivity index (χ0v) is 9.46. The number of aryl methyl sites for hydroxylation is 1. The molecule has 1 rings (SSSR count). The lowest BCUT2D eigenvalue weighted by atomic mass is 10.1. The van der Waals surface area contributed by atoms with Crippen LogP contribution in [0, 0.1) is 6.92 Å². The quantitative estimate of drug-likeness (QED) is 0.802. The molecule has 0 unspecified atom stereocenters. The van der Waals surface area contributed by atoms with Gasteiger partial charge in [0.1, 0.15) is 11.6 Å². The van der Waals surface area contributed by atoms with Crippen LogP contribution < -0.4 is 5.73 Å². The predicted octanol–water partition coefficient (Wildman–Crippen LogP) is 2.44. The fraction of sp³-hybridized carbons (Fsp3) is 0.636. The molecular weight excluding hydrogens is 174 g/mol. The summed E-state index contributed by atoms with van der Waals surface area (Å²) in [5.74, 6) is 1.92. The van der Waals surface area contributed by atoms with E-state index >= 15 is 0 Å². The van der Waals surface area contributed by atoms with Crippen LogP contribution in [0.1, 0.15) is 50.2 Å². The summed E-state index contributed by atoms with van der Waals surface area (Å²) in [6.45, 7) is 8.36. The van der Waals surface area contributed by atoms with Crippen LogP contribution in [-0.4, -0.2) is 9.97 Å². The fourth-order valence-corrected chi connectivity index (χ4v) is 1.50. The molecule has 2 N–H and O–H groups in total. The van der Waals surface area contributed by atoms with Gasteiger partial charge in [-0.2, -0.15) is 0 Å². The number of nitrogen functional groups attached to an aromatic ring is 1. The lowest BCUT2D eigenvalue weighted by molar-refractivity contribution is 0.757. The van der Waals surface area contributed by atoms with Gasteiger partial charge in [0, 0.05) is 12.0 Å². The van der Waals surface area contributed by atoms with Gasteiger partial charge < -0.3 is 5.73 Å². The minimum Gasteiger partial charge on any atom is -0.383 e. The Morgan fingerprint density at radius 3 is 2.43 bits per heavy atom. The third-order valence-corrected chi connectivity index (χ3v) is 2.29. The van der Waals surface area contributed by atoms with Crippen molar-refractivity contribution in [3.63, 3.8) is 0 Å². The van der Waals surface area contributed by atoms with Gasteiger partial charge in [-0.25, -0.2) is 9.97 Å². The Hall–Kier alpha value is -1.12. The number of hydrogen-bond donors (Lipinski definition) is 1. The maximum absolute atomic E-state index is 5.84. The highest BCUT2D eigenvalue weighted by Gasteiger charge is 2.10. The maximum atomic E-state index is 5.84. The Morgan fingerprint density at radius 1 is 1.29 bits per heavy atom. The van der Waals surface area contributed by atoms with E-state index < -0.39 is 0 Å². The summed E-state index contributed by atoms with van der Waals surface area (Å²) in [5.41, 5.74) is 7.95. The molecule has 0 aromatic carbocycles. The van der Waals surface area contributed by atoms with E-state index in [0.717, 1.165) is 29.9 Å². The summed E-state index contributed by atoms with van der Waals surface area (Å²) in [6.07, 6.45) is 1.96. The third-order valence-electron chi connectivity index (χ3n) is 2.29. The minimum absolute atomic E-state index is 0.413. The van der Waals surface area contributed by atoms with E-state index in [1.165, 1.54) is 0 Å². The van der Waals surface area contributed by atoms with Crippen LogP contribution >= 0.6 is 0 Å². The van der Waals surface area contributed by atoms with Crippen molar-refractivity contribution in [1.82, 2.24) is 9.97 Å². The lowest BCUT2D eigenvalue weighted by Crippen LogP contribution is -2.08. The normalized spacial score (nSPS) is 10.9. The van der Waals surface area contributed by atoms with Crippen molar-refractivity contribution in [2.24, 2.45) is 0 Å². The van der Waals surface area contributed by atoms with Crippen molar-refractivity contribution in [1.29, 1.82) is 0 Å². The van der Waals surface area contributed by atoms with Crippen LogP contribution in [0.15, 0.2) is 0 Å². The molecular formula is C11H19N3. The molecule has 14 heavy (non-hydrogen) atoms. The molecule has 0 aliphatic heterocycles. The Balaban J connectivity index is 3.14. The van der Waals surface area contributed by atoms with Crippen LogP contribution in [-0.2, 0) is 6.42 Å². The highest BCUT2D eigenvalue weighted by Crippen LogP contribution is 2.20. The molecule has 0 atom stereocenters. The summed E-state index contributed by atoms with van der Waals surface area (Å²) in [5, 5.41) is 0. The smallest absolute Gasteiger partial charge is 0.131 e. The molecule has 0 aliphatic rings. The topological polar surface area (TPSA) is 51.8 Å². The molecule has 0 radical (unpaired) electrons. The largest absolute Gasteiger partial charge is 0.383 e. The molecule has 1 aromatic heterocycles. The summed E-state index contributed by atoms with van der Waals surface area (Å²) >= 11 is 0. The standard InChI is InChI=1S/C11H19N3/c1-5-6-9-13-10(7(2)3)8(4)11(12)14-9/h7H,5-6H2,1-4H3,(H2,12,13,14). The van der Waals surface area contributed by atoms with Crippen molar-refractivity contribution in [3.8, 4) is 0 Å².